The Bertz CT molecular complexity index is 872. The van der Waals surface area contributed by atoms with Crippen molar-refractivity contribution in [3.63, 3.8) is 0 Å². The van der Waals surface area contributed by atoms with E-state index in [1.807, 2.05) is 0 Å². The number of benzene rings is 1. The fourth-order valence-corrected chi connectivity index (χ4v) is 4.15. The molecule has 3 aromatic rings. The smallest absolute Gasteiger partial charge is 0.267 e. The Kier molecular flexibility index (Phi) is 5.39. The van der Waals surface area contributed by atoms with Crippen LogP contribution in [0.3, 0.4) is 0 Å². The number of amides is 1. The topological polar surface area (TPSA) is 46.9 Å². The molecule has 4 nitrogen and oxygen atoms in total. The summed E-state index contributed by atoms with van der Waals surface area (Å²) in [5, 5.41) is 7.27. The van der Waals surface area contributed by atoms with Crippen LogP contribution in [0.4, 0.5) is 10.2 Å². The van der Waals surface area contributed by atoms with E-state index in [1.165, 1.54) is 22.1 Å². The van der Waals surface area contributed by atoms with Gasteiger partial charge in [-0.1, -0.05) is 17.7 Å². The fraction of sp³-hybridized carbons (Fsp3) is 0.0667. The first-order chi connectivity index (χ1) is 11.4. The maximum Gasteiger partial charge on any atom is 0.267 e. The molecule has 1 N–H and O–H groups in total. The molecule has 2 heterocycles. The zero-order valence-corrected chi connectivity index (χ0v) is 16.6. The number of hydrogen-bond donors (Lipinski definition) is 1. The van der Waals surface area contributed by atoms with Gasteiger partial charge in [0.25, 0.3) is 5.91 Å². The van der Waals surface area contributed by atoms with E-state index >= 15 is 0 Å². The van der Waals surface area contributed by atoms with Crippen molar-refractivity contribution >= 4 is 66.5 Å². The fourth-order valence-electron chi connectivity index (χ4n) is 2.00. The molecule has 1 amide bonds. The highest BCUT2D eigenvalue weighted by Gasteiger charge is 2.14. The molecule has 3 rings (SSSR count). The first-order valence-electron chi connectivity index (χ1n) is 6.66. The molecule has 0 aliphatic heterocycles. The minimum atomic E-state index is -0.392. The minimum Gasteiger partial charge on any atom is -0.304 e. The molecular weight excluding hydrogens is 485 g/mol. The van der Waals surface area contributed by atoms with Crippen molar-refractivity contribution in [2.45, 2.75) is 6.54 Å². The van der Waals surface area contributed by atoms with Crippen LogP contribution >= 0.6 is 54.8 Å². The van der Waals surface area contributed by atoms with Gasteiger partial charge in [0.15, 0.2) is 5.82 Å². The van der Waals surface area contributed by atoms with Gasteiger partial charge in [-0.25, -0.2) is 4.39 Å². The van der Waals surface area contributed by atoms with Crippen molar-refractivity contribution in [3.05, 3.63) is 66.1 Å². The minimum absolute atomic E-state index is 0.178. The molecule has 1 aromatic carbocycles. The van der Waals surface area contributed by atoms with Crippen LogP contribution in [0, 0.1) is 5.82 Å². The Morgan fingerprint density at radius 3 is 2.83 bits per heavy atom. The molecule has 2 aromatic heterocycles. The number of nitrogens with zero attached hydrogens (tertiary/aromatic N) is 2. The largest absolute Gasteiger partial charge is 0.304 e. The van der Waals surface area contributed by atoms with Crippen LogP contribution in [0.2, 0.25) is 5.02 Å². The molecule has 9 heteroatoms. The van der Waals surface area contributed by atoms with E-state index in [0.29, 0.717) is 21.3 Å². The number of aromatic nitrogens is 2. The van der Waals surface area contributed by atoms with Crippen molar-refractivity contribution in [1.82, 2.24) is 9.78 Å². The third kappa shape index (κ3) is 3.88. The standard InChI is InChI=1S/C15H9Br2ClFN3OS/c16-9-6-12(24-14(9)17)15(23)20-13-4-5-22(21-13)7-8-10(18)2-1-3-11(8)19/h1-6H,7H2,(H,20,21,23). The lowest BCUT2D eigenvalue weighted by Gasteiger charge is -2.06. The van der Waals surface area contributed by atoms with E-state index in [-0.39, 0.29) is 12.5 Å². The summed E-state index contributed by atoms with van der Waals surface area (Å²) in [7, 11) is 0. The van der Waals surface area contributed by atoms with Gasteiger partial charge in [-0.15, -0.1) is 11.3 Å². The van der Waals surface area contributed by atoms with Crippen molar-refractivity contribution < 1.29 is 9.18 Å². The first-order valence-corrected chi connectivity index (χ1v) is 9.44. The average molecular weight is 494 g/mol. The van der Waals surface area contributed by atoms with Crippen molar-refractivity contribution in [2.24, 2.45) is 0 Å². The number of hydrogen-bond acceptors (Lipinski definition) is 3. The Morgan fingerprint density at radius 2 is 2.17 bits per heavy atom. The lowest BCUT2D eigenvalue weighted by atomic mass is 10.2. The number of anilines is 1. The zero-order chi connectivity index (χ0) is 17.3. The molecule has 0 unspecified atom stereocenters. The van der Waals surface area contributed by atoms with Crippen LogP contribution in [0.25, 0.3) is 0 Å². The van der Waals surface area contributed by atoms with E-state index < -0.39 is 5.82 Å². The summed E-state index contributed by atoms with van der Waals surface area (Å²) >= 11 is 14.0. The molecule has 0 fully saturated rings. The van der Waals surface area contributed by atoms with Crippen LogP contribution in [-0.2, 0) is 6.54 Å². The maximum absolute atomic E-state index is 13.8. The average Bonchev–Trinajstić information content (AvgIpc) is 3.10. The van der Waals surface area contributed by atoms with E-state index in [1.54, 1.807) is 30.5 Å². The third-order valence-electron chi connectivity index (χ3n) is 3.13. The van der Waals surface area contributed by atoms with E-state index in [2.05, 4.69) is 42.3 Å². The van der Waals surface area contributed by atoms with Crippen LogP contribution < -0.4 is 5.32 Å². The van der Waals surface area contributed by atoms with Gasteiger partial charge in [0.05, 0.1) is 15.2 Å². The summed E-state index contributed by atoms with van der Waals surface area (Å²) in [6.07, 6.45) is 1.65. The van der Waals surface area contributed by atoms with Crippen LogP contribution in [0.1, 0.15) is 15.2 Å². The molecule has 124 valence electrons. The van der Waals surface area contributed by atoms with Gasteiger partial charge in [-0.05, 0) is 50.1 Å². The second-order valence-electron chi connectivity index (χ2n) is 4.79. The zero-order valence-electron chi connectivity index (χ0n) is 11.9. The summed E-state index contributed by atoms with van der Waals surface area (Å²) in [5.74, 6) is -0.273. The van der Waals surface area contributed by atoms with Gasteiger partial charge in [-0.3, -0.25) is 9.48 Å². The molecule has 0 spiro atoms. The molecule has 0 bridgehead atoms. The number of thiophene rings is 1. The normalized spacial score (nSPS) is 10.8. The van der Waals surface area contributed by atoms with Gasteiger partial charge >= 0.3 is 0 Å². The van der Waals surface area contributed by atoms with E-state index in [0.717, 1.165) is 8.26 Å². The highest BCUT2D eigenvalue weighted by Crippen LogP contribution is 2.32. The predicted octanol–water partition coefficient (Wildman–Crippen LogP) is 5.56. The Morgan fingerprint density at radius 1 is 1.38 bits per heavy atom. The van der Waals surface area contributed by atoms with Gasteiger partial charge in [0, 0.05) is 27.3 Å². The second kappa shape index (κ2) is 7.35. The summed E-state index contributed by atoms with van der Waals surface area (Å²) in [6, 6.07) is 7.89. The molecule has 0 saturated heterocycles. The Hall–Kier alpha value is -1.22. The van der Waals surface area contributed by atoms with Gasteiger partial charge in [-0.2, -0.15) is 5.10 Å². The number of halogens is 4. The molecule has 0 aliphatic rings. The maximum atomic E-state index is 13.8. The third-order valence-corrected chi connectivity index (χ3v) is 6.74. The molecule has 0 saturated carbocycles. The monoisotopic (exact) mass is 491 g/mol. The highest BCUT2D eigenvalue weighted by molar-refractivity contribution is 9.13. The van der Waals surface area contributed by atoms with Crippen LogP contribution in [-0.4, -0.2) is 15.7 Å². The predicted molar refractivity (Wildman–Crippen MR) is 100 cm³/mol. The lowest BCUT2D eigenvalue weighted by Crippen LogP contribution is -2.11. The summed E-state index contributed by atoms with van der Waals surface area (Å²) < 4.78 is 17.0. The van der Waals surface area contributed by atoms with Crippen LogP contribution in [0.5, 0.6) is 0 Å². The van der Waals surface area contributed by atoms with E-state index in [4.69, 9.17) is 11.6 Å². The summed E-state index contributed by atoms with van der Waals surface area (Å²) in [4.78, 5) is 12.7. The van der Waals surface area contributed by atoms with Gasteiger partial charge < -0.3 is 5.32 Å². The Labute approximate surface area is 162 Å². The molecule has 0 radical (unpaired) electrons. The first kappa shape index (κ1) is 17.6. The highest BCUT2D eigenvalue weighted by atomic mass is 79.9. The molecule has 0 atom stereocenters. The molecular formula is C15H9Br2ClFN3OS. The van der Waals surface area contributed by atoms with Crippen LogP contribution in [0.15, 0.2) is 44.8 Å². The van der Waals surface area contributed by atoms with Crippen molar-refractivity contribution in [2.75, 3.05) is 5.32 Å². The Balaban J connectivity index is 1.73. The summed E-state index contributed by atoms with van der Waals surface area (Å²) in [5.41, 5.74) is 0.353. The number of rotatable bonds is 4. The molecule has 24 heavy (non-hydrogen) atoms. The van der Waals surface area contributed by atoms with Gasteiger partial charge in [0.2, 0.25) is 0 Å². The number of nitrogens with one attached hydrogen (secondary N) is 1. The number of carbonyl (C=O) groups excluding carboxylic acids is 1. The van der Waals surface area contributed by atoms with Crippen molar-refractivity contribution in [3.8, 4) is 0 Å². The SMILES string of the molecule is O=C(Nc1ccn(Cc2c(F)cccc2Cl)n1)c1cc(Br)c(Br)s1. The second-order valence-corrected chi connectivity index (χ2v) is 8.42. The van der Waals surface area contributed by atoms with Gasteiger partial charge in [0.1, 0.15) is 5.82 Å². The van der Waals surface area contributed by atoms with Crippen molar-refractivity contribution in [1.29, 1.82) is 0 Å². The molecule has 0 aliphatic carbocycles. The van der Waals surface area contributed by atoms with E-state index in [9.17, 15) is 9.18 Å². The lowest BCUT2D eigenvalue weighted by molar-refractivity contribution is 0.103. The summed E-state index contributed by atoms with van der Waals surface area (Å²) in [6.45, 7) is 0.178. The number of carbonyl (C=O) groups is 1. The quantitative estimate of drug-likeness (QED) is 0.517.